The number of amides is 1. The molecule has 0 aliphatic carbocycles. The molecule has 0 bridgehead atoms. The number of azo groups is 1. The van der Waals surface area contributed by atoms with Crippen LogP contribution in [0.4, 0.5) is 5.69 Å². The number of nitrogens with one attached hydrogen (secondary N) is 1. The molecule has 0 aliphatic rings. The molecule has 2 heterocycles. The highest BCUT2D eigenvalue weighted by molar-refractivity contribution is 6.30. The van der Waals surface area contributed by atoms with Crippen molar-refractivity contribution < 1.29 is 9.90 Å². The van der Waals surface area contributed by atoms with Crippen molar-refractivity contribution in [2.75, 3.05) is 0 Å². The van der Waals surface area contributed by atoms with Crippen LogP contribution in [0.1, 0.15) is 16.1 Å². The fourth-order valence-electron chi connectivity index (χ4n) is 2.92. The lowest BCUT2D eigenvalue weighted by Gasteiger charge is -2.07. The van der Waals surface area contributed by atoms with E-state index >= 15 is 0 Å². The van der Waals surface area contributed by atoms with E-state index < -0.39 is 5.91 Å². The normalized spacial score (nSPS) is 11.4. The molecule has 1 amide bonds. The monoisotopic (exact) mass is 378 g/mol. The van der Waals surface area contributed by atoms with Crippen molar-refractivity contribution in [3.8, 4) is 5.88 Å². The van der Waals surface area contributed by atoms with Crippen molar-refractivity contribution in [3.05, 3.63) is 83.1 Å². The maximum absolute atomic E-state index is 12.1. The second kappa shape index (κ2) is 7.09. The number of aromatic nitrogens is 2. The predicted molar refractivity (Wildman–Crippen MR) is 104 cm³/mol. The Labute approximate surface area is 159 Å². The van der Waals surface area contributed by atoms with Gasteiger partial charge in [0.05, 0.1) is 12.1 Å². The minimum Gasteiger partial charge on any atom is -0.493 e. The van der Waals surface area contributed by atoms with Crippen LogP contribution in [0, 0.1) is 0 Å². The third-order valence-electron chi connectivity index (χ3n) is 4.24. The Balaban J connectivity index is 1.74. The van der Waals surface area contributed by atoms with Gasteiger partial charge in [0.1, 0.15) is 5.69 Å². The molecule has 2 aromatic heterocycles. The van der Waals surface area contributed by atoms with Crippen LogP contribution in [0.5, 0.6) is 5.88 Å². The van der Waals surface area contributed by atoms with E-state index in [1.54, 1.807) is 35.0 Å². The zero-order valence-electron chi connectivity index (χ0n) is 14.1. The van der Waals surface area contributed by atoms with Crippen molar-refractivity contribution in [1.82, 2.24) is 9.55 Å². The number of nitrogens with zero attached hydrogens (tertiary/aromatic N) is 3. The lowest BCUT2D eigenvalue weighted by molar-refractivity contribution is 0.0991. The molecule has 0 unspecified atom stereocenters. The van der Waals surface area contributed by atoms with Crippen LogP contribution in [-0.4, -0.2) is 20.6 Å². The van der Waals surface area contributed by atoms with Gasteiger partial charge in [-0.25, -0.2) is 0 Å². The van der Waals surface area contributed by atoms with E-state index in [0.717, 1.165) is 11.1 Å². The summed E-state index contributed by atoms with van der Waals surface area (Å²) in [5, 5.41) is 19.9. The average molecular weight is 379 g/mol. The van der Waals surface area contributed by atoms with Gasteiger partial charge in [-0.1, -0.05) is 41.9 Å². The van der Waals surface area contributed by atoms with Crippen LogP contribution in [-0.2, 0) is 6.54 Å². The number of carbonyl (C=O) groups excluding carboxylic acids is 1. The quantitative estimate of drug-likeness (QED) is 0.472. The molecule has 0 saturated heterocycles. The van der Waals surface area contributed by atoms with Gasteiger partial charge in [0.2, 0.25) is 5.88 Å². The molecule has 7 heteroatoms. The van der Waals surface area contributed by atoms with Crippen molar-refractivity contribution in [1.29, 1.82) is 0 Å². The summed E-state index contributed by atoms with van der Waals surface area (Å²) in [6.45, 7) is 0.434. The first-order valence-corrected chi connectivity index (χ1v) is 8.65. The zero-order valence-corrected chi connectivity index (χ0v) is 14.9. The summed E-state index contributed by atoms with van der Waals surface area (Å²) in [7, 11) is 0. The molecule has 6 nitrogen and oxygen atoms in total. The number of para-hydroxylation sites is 1. The molecule has 0 aliphatic heterocycles. The number of aromatic hydroxyl groups is 1. The number of hydrogen-bond acceptors (Lipinski definition) is 3. The number of fused-ring (bicyclic) bond motifs is 1. The third-order valence-corrected chi connectivity index (χ3v) is 4.49. The number of benzene rings is 2. The molecule has 0 radical (unpaired) electrons. The molecular formula is C20H15ClN4O2. The molecule has 134 valence electrons. The molecular weight excluding hydrogens is 364 g/mol. The Hall–Kier alpha value is -3.38. The fourth-order valence-corrected chi connectivity index (χ4v) is 3.04. The molecule has 0 atom stereocenters. The molecule has 2 aromatic carbocycles. The first-order chi connectivity index (χ1) is 13.1. The van der Waals surface area contributed by atoms with Crippen molar-refractivity contribution in [2.24, 2.45) is 10.2 Å². The van der Waals surface area contributed by atoms with Gasteiger partial charge in [0.15, 0.2) is 5.69 Å². The van der Waals surface area contributed by atoms with Gasteiger partial charge in [-0.15, -0.1) is 10.2 Å². The predicted octanol–water partition coefficient (Wildman–Crippen LogP) is 5.30. The summed E-state index contributed by atoms with van der Waals surface area (Å²) in [5.41, 5.74) is 2.37. The highest BCUT2D eigenvalue weighted by Gasteiger charge is 2.17. The van der Waals surface area contributed by atoms with Crippen LogP contribution in [0.2, 0.25) is 5.02 Å². The summed E-state index contributed by atoms with van der Waals surface area (Å²) in [6, 6.07) is 18.2. The number of H-pyrrole nitrogens is 1. The second-order valence-corrected chi connectivity index (χ2v) is 6.43. The van der Waals surface area contributed by atoms with Crippen LogP contribution in [0.3, 0.4) is 0 Å². The number of hydrogen-bond donors (Lipinski definition) is 2. The van der Waals surface area contributed by atoms with Crippen LogP contribution < -0.4 is 0 Å². The first-order valence-electron chi connectivity index (χ1n) is 8.27. The zero-order chi connectivity index (χ0) is 18.8. The van der Waals surface area contributed by atoms with Crippen LogP contribution in [0.15, 0.2) is 77.1 Å². The number of aromatic amines is 1. The molecule has 0 spiro atoms. The maximum Gasteiger partial charge on any atom is 0.311 e. The van der Waals surface area contributed by atoms with Gasteiger partial charge in [-0.05, 0) is 35.9 Å². The SMILES string of the molecule is O=C(N=Nc1c(O)n(Cc2ccc(Cl)cc2)c2ccccc12)c1ccc[nH]1. The van der Waals surface area contributed by atoms with Gasteiger partial charge in [0, 0.05) is 16.6 Å². The van der Waals surface area contributed by atoms with Crippen molar-refractivity contribution >= 4 is 34.1 Å². The van der Waals surface area contributed by atoms with Gasteiger partial charge >= 0.3 is 5.91 Å². The smallest absolute Gasteiger partial charge is 0.311 e. The molecule has 4 rings (SSSR count). The molecule has 4 aromatic rings. The molecule has 0 saturated carbocycles. The number of carbonyl (C=O) groups is 1. The van der Waals surface area contributed by atoms with E-state index in [4.69, 9.17) is 11.6 Å². The lowest BCUT2D eigenvalue weighted by atomic mass is 10.2. The summed E-state index contributed by atoms with van der Waals surface area (Å²) < 4.78 is 1.73. The third kappa shape index (κ3) is 3.35. The first kappa shape index (κ1) is 17.1. The summed E-state index contributed by atoms with van der Waals surface area (Å²) in [4.78, 5) is 14.8. The Kier molecular flexibility index (Phi) is 4.48. The van der Waals surface area contributed by atoms with Gasteiger partial charge in [-0.3, -0.25) is 4.79 Å². The van der Waals surface area contributed by atoms with E-state index in [1.165, 1.54) is 0 Å². The van der Waals surface area contributed by atoms with Gasteiger partial charge in [-0.2, -0.15) is 0 Å². The topological polar surface area (TPSA) is 82.7 Å². The largest absolute Gasteiger partial charge is 0.493 e. The molecule has 2 N–H and O–H groups in total. The standard InChI is InChI=1S/C20H15ClN4O2/c21-14-9-7-13(8-10-14)12-25-17-6-2-1-4-15(17)18(20(25)27)23-24-19(26)16-5-3-11-22-16/h1-11,22,27H,12H2. The summed E-state index contributed by atoms with van der Waals surface area (Å²) >= 11 is 5.94. The van der Waals surface area contributed by atoms with Crippen LogP contribution >= 0.6 is 11.6 Å². The molecule has 0 fully saturated rings. The van der Waals surface area contributed by atoms with Crippen LogP contribution in [0.25, 0.3) is 10.9 Å². The Morgan fingerprint density at radius 2 is 1.85 bits per heavy atom. The Morgan fingerprint density at radius 1 is 1.07 bits per heavy atom. The summed E-state index contributed by atoms with van der Waals surface area (Å²) in [6.07, 6.45) is 1.64. The Bertz CT molecular complexity index is 1130. The molecule has 27 heavy (non-hydrogen) atoms. The number of rotatable bonds is 4. The Morgan fingerprint density at radius 3 is 2.59 bits per heavy atom. The van der Waals surface area contributed by atoms with E-state index in [1.807, 2.05) is 36.4 Å². The highest BCUT2D eigenvalue weighted by Crippen LogP contribution is 2.39. The van der Waals surface area contributed by atoms with E-state index in [0.29, 0.717) is 22.6 Å². The van der Waals surface area contributed by atoms with E-state index in [9.17, 15) is 9.90 Å². The van der Waals surface area contributed by atoms with E-state index in [2.05, 4.69) is 15.2 Å². The highest BCUT2D eigenvalue weighted by atomic mass is 35.5. The lowest BCUT2D eigenvalue weighted by Crippen LogP contribution is -1.98. The minimum atomic E-state index is -0.506. The minimum absolute atomic E-state index is 0.0471. The maximum atomic E-state index is 12.1. The fraction of sp³-hybridized carbons (Fsp3) is 0.0500. The number of halogens is 1. The van der Waals surface area contributed by atoms with Crippen molar-refractivity contribution in [3.63, 3.8) is 0 Å². The van der Waals surface area contributed by atoms with Crippen molar-refractivity contribution in [2.45, 2.75) is 6.54 Å². The van der Waals surface area contributed by atoms with Gasteiger partial charge in [0.25, 0.3) is 0 Å². The second-order valence-electron chi connectivity index (χ2n) is 5.99. The average Bonchev–Trinajstić information content (AvgIpc) is 3.30. The van der Waals surface area contributed by atoms with E-state index in [-0.39, 0.29) is 11.6 Å². The van der Waals surface area contributed by atoms with Gasteiger partial charge < -0.3 is 14.7 Å². The summed E-state index contributed by atoms with van der Waals surface area (Å²) in [5.74, 6) is -0.553.